The van der Waals surface area contributed by atoms with Crippen LogP contribution in [-0.2, 0) is 9.84 Å². The lowest BCUT2D eigenvalue weighted by Gasteiger charge is -2.07. The maximum absolute atomic E-state index is 12.4. The quantitative estimate of drug-likeness (QED) is 0.807. The minimum Gasteiger partial charge on any atom is -0.399 e. The van der Waals surface area contributed by atoms with Gasteiger partial charge in [-0.15, -0.1) is 0 Å². The number of nitrogen functional groups attached to an aromatic ring is 2. The van der Waals surface area contributed by atoms with E-state index in [1.165, 1.54) is 42.5 Å². The van der Waals surface area contributed by atoms with Gasteiger partial charge in [0.1, 0.15) is 6.07 Å². The molecular weight excluding hydrogens is 262 g/mol. The molecule has 0 fully saturated rings. The number of benzene rings is 2. The minimum absolute atomic E-state index is 0.0248. The summed E-state index contributed by atoms with van der Waals surface area (Å²) in [5.41, 5.74) is 11.9. The lowest BCUT2D eigenvalue weighted by molar-refractivity contribution is 0.596. The lowest BCUT2D eigenvalue weighted by Crippen LogP contribution is -2.05. The van der Waals surface area contributed by atoms with E-state index in [2.05, 4.69) is 0 Å². The van der Waals surface area contributed by atoms with Crippen LogP contribution in [-0.4, -0.2) is 8.42 Å². The van der Waals surface area contributed by atoms with Gasteiger partial charge in [-0.25, -0.2) is 8.42 Å². The highest BCUT2D eigenvalue weighted by atomic mass is 32.2. The molecule has 0 amide bonds. The fourth-order valence-electron chi connectivity index (χ4n) is 1.64. The molecule has 19 heavy (non-hydrogen) atoms. The zero-order valence-electron chi connectivity index (χ0n) is 9.87. The number of hydrogen-bond acceptors (Lipinski definition) is 5. The second-order valence-electron chi connectivity index (χ2n) is 3.94. The number of nitrogens with two attached hydrogens (primary N) is 2. The maximum atomic E-state index is 12.4. The highest BCUT2D eigenvalue weighted by Gasteiger charge is 2.21. The number of nitriles is 1. The first kappa shape index (κ1) is 12.9. The molecule has 0 unspecified atom stereocenters. The van der Waals surface area contributed by atoms with Gasteiger partial charge < -0.3 is 11.5 Å². The smallest absolute Gasteiger partial charge is 0.207 e. The summed E-state index contributed by atoms with van der Waals surface area (Å²) in [7, 11) is -3.75. The fourth-order valence-corrected chi connectivity index (χ4v) is 3.03. The Bertz CT molecular complexity index is 759. The molecule has 6 heteroatoms. The molecule has 2 rings (SSSR count). The molecule has 4 N–H and O–H groups in total. The third kappa shape index (κ3) is 2.37. The van der Waals surface area contributed by atoms with Crippen LogP contribution >= 0.6 is 0 Å². The van der Waals surface area contributed by atoms with E-state index in [1.807, 2.05) is 6.07 Å². The molecule has 0 bridgehead atoms. The zero-order chi connectivity index (χ0) is 14.0. The average Bonchev–Trinajstić information content (AvgIpc) is 2.38. The van der Waals surface area contributed by atoms with Crippen molar-refractivity contribution in [2.75, 3.05) is 11.5 Å². The molecule has 0 aliphatic carbocycles. The molecule has 0 saturated carbocycles. The van der Waals surface area contributed by atoms with Gasteiger partial charge in [0.15, 0.2) is 0 Å². The number of rotatable bonds is 2. The third-order valence-electron chi connectivity index (χ3n) is 2.60. The molecule has 5 nitrogen and oxygen atoms in total. The number of hydrogen-bond donors (Lipinski definition) is 2. The van der Waals surface area contributed by atoms with Gasteiger partial charge in [-0.2, -0.15) is 5.26 Å². The molecule has 0 aliphatic rings. The van der Waals surface area contributed by atoms with Gasteiger partial charge in [-0.1, -0.05) is 0 Å². The highest BCUT2D eigenvalue weighted by molar-refractivity contribution is 7.91. The van der Waals surface area contributed by atoms with E-state index in [-0.39, 0.29) is 15.4 Å². The Morgan fingerprint density at radius 3 is 2.11 bits per heavy atom. The number of anilines is 2. The van der Waals surface area contributed by atoms with E-state index >= 15 is 0 Å². The van der Waals surface area contributed by atoms with Crippen LogP contribution in [0.2, 0.25) is 0 Å². The Hall–Kier alpha value is -2.52. The van der Waals surface area contributed by atoms with Gasteiger partial charge in [-0.05, 0) is 42.5 Å². The van der Waals surface area contributed by atoms with Gasteiger partial charge >= 0.3 is 0 Å². The van der Waals surface area contributed by atoms with Crippen LogP contribution in [0.3, 0.4) is 0 Å². The zero-order valence-corrected chi connectivity index (χ0v) is 10.7. The Labute approximate surface area is 111 Å². The molecule has 96 valence electrons. The maximum Gasteiger partial charge on any atom is 0.207 e. The summed E-state index contributed by atoms with van der Waals surface area (Å²) in [6.45, 7) is 0. The van der Waals surface area contributed by atoms with Crippen LogP contribution in [0.5, 0.6) is 0 Å². The van der Waals surface area contributed by atoms with E-state index in [4.69, 9.17) is 16.7 Å². The van der Waals surface area contributed by atoms with Gasteiger partial charge in [-0.3, -0.25) is 0 Å². The minimum atomic E-state index is -3.75. The summed E-state index contributed by atoms with van der Waals surface area (Å²) in [5, 5.41) is 9.01. The topological polar surface area (TPSA) is 110 Å². The first-order chi connectivity index (χ1) is 8.95. The van der Waals surface area contributed by atoms with Crippen molar-refractivity contribution >= 4 is 21.2 Å². The second-order valence-corrected chi connectivity index (χ2v) is 5.86. The largest absolute Gasteiger partial charge is 0.399 e. The van der Waals surface area contributed by atoms with E-state index in [1.54, 1.807) is 0 Å². The molecule has 2 aromatic carbocycles. The van der Waals surface area contributed by atoms with Crippen molar-refractivity contribution in [2.24, 2.45) is 0 Å². The SMILES string of the molecule is N#Cc1cc(N)ccc1S(=O)(=O)c1ccc(N)cc1. The van der Waals surface area contributed by atoms with Crippen molar-refractivity contribution in [1.29, 1.82) is 5.26 Å². The van der Waals surface area contributed by atoms with Crippen LogP contribution in [0.15, 0.2) is 52.3 Å². The molecule has 0 saturated heterocycles. The van der Waals surface area contributed by atoms with E-state index < -0.39 is 9.84 Å². The first-order valence-corrected chi connectivity index (χ1v) is 6.84. The van der Waals surface area contributed by atoms with Crippen molar-refractivity contribution in [2.45, 2.75) is 9.79 Å². The van der Waals surface area contributed by atoms with Gasteiger partial charge in [0.2, 0.25) is 9.84 Å². The lowest BCUT2D eigenvalue weighted by atomic mass is 10.2. The predicted molar refractivity (Wildman–Crippen MR) is 71.9 cm³/mol. The first-order valence-electron chi connectivity index (χ1n) is 5.35. The van der Waals surface area contributed by atoms with E-state index in [0.29, 0.717) is 11.4 Å². The van der Waals surface area contributed by atoms with E-state index in [9.17, 15) is 8.42 Å². The molecular formula is C13H11N3O2S. The van der Waals surface area contributed by atoms with Crippen molar-refractivity contribution in [1.82, 2.24) is 0 Å². The summed E-state index contributed by atoms with van der Waals surface area (Å²) < 4.78 is 24.8. The Balaban J connectivity index is 2.64. The van der Waals surface area contributed by atoms with Crippen molar-refractivity contribution in [3.63, 3.8) is 0 Å². The predicted octanol–water partition coefficient (Wildman–Crippen LogP) is 1.56. The van der Waals surface area contributed by atoms with E-state index in [0.717, 1.165) is 0 Å². The van der Waals surface area contributed by atoms with Gasteiger partial charge in [0.25, 0.3) is 0 Å². The van der Waals surface area contributed by atoms with Crippen LogP contribution in [0.4, 0.5) is 11.4 Å². The van der Waals surface area contributed by atoms with Crippen LogP contribution in [0.25, 0.3) is 0 Å². The molecule has 0 spiro atoms. The third-order valence-corrected chi connectivity index (χ3v) is 4.43. The van der Waals surface area contributed by atoms with Crippen molar-refractivity contribution < 1.29 is 8.42 Å². The molecule has 0 heterocycles. The van der Waals surface area contributed by atoms with Crippen molar-refractivity contribution in [3.05, 3.63) is 48.0 Å². The van der Waals surface area contributed by atoms with Crippen molar-refractivity contribution in [3.8, 4) is 6.07 Å². The monoisotopic (exact) mass is 273 g/mol. The molecule has 0 aromatic heterocycles. The summed E-state index contributed by atoms with van der Waals surface area (Å²) in [5.74, 6) is 0. The highest BCUT2D eigenvalue weighted by Crippen LogP contribution is 2.25. The number of sulfone groups is 1. The summed E-state index contributed by atoms with van der Waals surface area (Å²) in [6, 6.07) is 11.8. The number of nitrogens with zero attached hydrogens (tertiary/aromatic N) is 1. The van der Waals surface area contributed by atoms with Gasteiger partial charge in [0, 0.05) is 11.4 Å². The summed E-state index contributed by atoms with van der Waals surface area (Å²) in [4.78, 5) is 0.0249. The molecule has 0 atom stereocenters. The fraction of sp³-hybridized carbons (Fsp3) is 0. The second kappa shape index (κ2) is 4.63. The van der Waals surface area contributed by atoms with Crippen LogP contribution in [0, 0.1) is 11.3 Å². The Kier molecular flexibility index (Phi) is 3.15. The Morgan fingerprint density at radius 2 is 1.53 bits per heavy atom. The normalized spacial score (nSPS) is 10.9. The summed E-state index contributed by atoms with van der Waals surface area (Å²) >= 11 is 0. The Morgan fingerprint density at radius 1 is 0.947 bits per heavy atom. The standard InChI is InChI=1S/C13H11N3O2S/c14-8-9-7-11(16)3-6-13(9)19(17,18)12-4-1-10(15)2-5-12/h1-7H,15-16H2. The average molecular weight is 273 g/mol. The van der Waals surface area contributed by atoms with Crippen LogP contribution < -0.4 is 11.5 Å². The van der Waals surface area contributed by atoms with Gasteiger partial charge in [0.05, 0.1) is 15.4 Å². The molecule has 0 aliphatic heterocycles. The molecule has 0 radical (unpaired) electrons. The summed E-state index contributed by atoms with van der Waals surface area (Å²) in [6.07, 6.45) is 0. The molecule has 2 aromatic rings. The van der Waals surface area contributed by atoms with Crippen LogP contribution in [0.1, 0.15) is 5.56 Å².